The average molecular weight is 434 g/mol. The number of carbonyl (C=O) groups excluding carboxylic acids is 2. The second kappa shape index (κ2) is 8.86. The van der Waals surface area contributed by atoms with E-state index >= 15 is 0 Å². The Balaban J connectivity index is 1.86. The van der Waals surface area contributed by atoms with Gasteiger partial charge in [0.2, 0.25) is 0 Å². The largest absolute Gasteiger partial charge is 0.493 e. The van der Waals surface area contributed by atoms with Gasteiger partial charge in [0, 0.05) is 40.7 Å². The molecule has 7 heteroatoms. The molecule has 166 valence electrons. The van der Waals surface area contributed by atoms with Crippen molar-refractivity contribution in [1.82, 2.24) is 10.3 Å². The number of carbonyl (C=O) groups is 2. The monoisotopic (exact) mass is 433 g/mol. The number of nitrogens with one attached hydrogen (secondary N) is 2. The lowest BCUT2D eigenvalue weighted by Gasteiger charge is -2.35. The molecule has 2 heterocycles. The van der Waals surface area contributed by atoms with Gasteiger partial charge in [-0.3, -0.25) is 9.59 Å². The molecule has 2 aliphatic rings. The van der Waals surface area contributed by atoms with E-state index in [9.17, 15) is 9.59 Å². The third-order valence-electron chi connectivity index (χ3n) is 5.92. The van der Waals surface area contributed by atoms with E-state index in [4.69, 9.17) is 9.47 Å². The van der Waals surface area contributed by atoms with Crippen molar-refractivity contribution in [2.24, 2.45) is 0 Å². The molecule has 0 fully saturated rings. The Morgan fingerprint density at radius 3 is 2.69 bits per heavy atom. The van der Waals surface area contributed by atoms with Gasteiger partial charge in [0.15, 0.2) is 17.3 Å². The number of anilines is 1. The zero-order valence-corrected chi connectivity index (χ0v) is 18.7. The minimum absolute atomic E-state index is 0.0418. The summed E-state index contributed by atoms with van der Waals surface area (Å²) < 4.78 is 11.2. The van der Waals surface area contributed by atoms with Crippen LogP contribution in [0.2, 0.25) is 0 Å². The molecule has 2 N–H and O–H groups in total. The quantitative estimate of drug-likeness (QED) is 0.741. The zero-order valence-electron chi connectivity index (χ0n) is 18.7. The molecule has 0 radical (unpaired) electrons. The highest BCUT2D eigenvalue weighted by atomic mass is 16.5. The SMILES string of the molecule is COc1cccc([C@H]2C(C(=O)Nc3cc(C)ccn3)=C(C)NC3=C2C(=O)CCC3)c1OC. The Hall–Kier alpha value is -3.61. The molecular weight excluding hydrogens is 406 g/mol. The average Bonchev–Trinajstić information content (AvgIpc) is 2.77. The van der Waals surface area contributed by atoms with Crippen LogP contribution in [0, 0.1) is 6.92 Å². The molecule has 1 aromatic heterocycles. The summed E-state index contributed by atoms with van der Waals surface area (Å²) in [5.74, 6) is 0.675. The van der Waals surface area contributed by atoms with Crippen LogP contribution >= 0.6 is 0 Å². The maximum Gasteiger partial charge on any atom is 0.255 e. The van der Waals surface area contributed by atoms with E-state index in [2.05, 4.69) is 15.6 Å². The van der Waals surface area contributed by atoms with Gasteiger partial charge in [0.1, 0.15) is 5.82 Å². The van der Waals surface area contributed by atoms with E-state index in [0.29, 0.717) is 40.6 Å². The first-order valence-electron chi connectivity index (χ1n) is 10.6. The molecule has 4 rings (SSSR count). The number of para-hydroxylation sites is 1. The Morgan fingerprint density at radius 2 is 1.97 bits per heavy atom. The molecule has 0 unspecified atom stereocenters. The third kappa shape index (κ3) is 3.86. The molecule has 1 amide bonds. The number of amides is 1. The van der Waals surface area contributed by atoms with Crippen molar-refractivity contribution in [2.45, 2.75) is 39.0 Å². The number of ketones is 1. The van der Waals surface area contributed by atoms with Crippen molar-refractivity contribution in [3.63, 3.8) is 0 Å². The Morgan fingerprint density at radius 1 is 1.16 bits per heavy atom. The number of methoxy groups -OCH3 is 2. The van der Waals surface area contributed by atoms with Crippen LogP contribution in [0.3, 0.4) is 0 Å². The van der Waals surface area contributed by atoms with Crippen LogP contribution in [0.4, 0.5) is 5.82 Å². The van der Waals surface area contributed by atoms with Crippen molar-refractivity contribution >= 4 is 17.5 Å². The van der Waals surface area contributed by atoms with E-state index < -0.39 is 5.92 Å². The Labute approximate surface area is 187 Å². The number of aromatic nitrogens is 1. The van der Waals surface area contributed by atoms with E-state index in [-0.39, 0.29) is 11.7 Å². The van der Waals surface area contributed by atoms with Crippen molar-refractivity contribution in [3.8, 4) is 11.5 Å². The van der Waals surface area contributed by atoms with Crippen molar-refractivity contribution in [3.05, 3.63) is 70.2 Å². The van der Waals surface area contributed by atoms with Gasteiger partial charge in [-0.1, -0.05) is 12.1 Å². The first-order valence-corrected chi connectivity index (χ1v) is 10.6. The fourth-order valence-electron chi connectivity index (χ4n) is 4.52. The Bertz CT molecular complexity index is 1150. The number of nitrogens with zero attached hydrogens (tertiary/aromatic N) is 1. The van der Waals surface area contributed by atoms with Gasteiger partial charge >= 0.3 is 0 Å². The van der Waals surface area contributed by atoms with Gasteiger partial charge in [-0.05, 0) is 50.5 Å². The molecule has 7 nitrogen and oxygen atoms in total. The number of allylic oxidation sites excluding steroid dienone is 3. The number of dihydropyridines is 1. The molecule has 1 aromatic carbocycles. The highest BCUT2D eigenvalue weighted by molar-refractivity contribution is 6.09. The molecule has 0 bridgehead atoms. The number of aryl methyl sites for hydroxylation is 1. The molecular formula is C25H27N3O4. The number of benzene rings is 1. The lowest BCUT2D eigenvalue weighted by atomic mass is 9.74. The maximum atomic E-state index is 13.6. The lowest BCUT2D eigenvalue weighted by Crippen LogP contribution is -2.35. The predicted octanol–water partition coefficient (Wildman–Crippen LogP) is 4.01. The fraction of sp³-hybridized carbons (Fsp3) is 0.320. The number of hydrogen-bond acceptors (Lipinski definition) is 6. The number of rotatable bonds is 5. The zero-order chi connectivity index (χ0) is 22.8. The normalized spacial score (nSPS) is 18.1. The summed E-state index contributed by atoms with van der Waals surface area (Å²) in [6.07, 6.45) is 3.65. The Kier molecular flexibility index (Phi) is 5.99. The smallest absolute Gasteiger partial charge is 0.255 e. The minimum Gasteiger partial charge on any atom is -0.493 e. The van der Waals surface area contributed by atoms with Crippen LogP contribution in [-0.2, 0) is 9.59 Å². The van der Waals surface area contributed by atoms with Crippen molar-refractivity contribution < 1.29 is 19.1 Å². The highest BCUT2D eigenvalue weighted by Gasteiger charge is 2.40. The van der Waals surface area contributed by atoms with Crippen molar-refractivity contribution in [2.75, 3.05) is 19.5 Å². The van der Waals surface area contributed by atoms with Crippen LogP contribution in [0.15, 0.2) is 59.1 Å². The second-order valence-electron chi connectivity index (χ2n) is 8.02. The van der Waals surface area contributed by atoms with Crippen LogP contribution in [-0.4, -0.2) is 30.9 Å². The molecule has 1 aliphatic carbocycles. The van der Waals surface area contributed by atoms with Crippen LogP contribution in [0.5, 0.6) is 11.5 Å². The number of pyridine rings is 1. The summed E-state index contributed by atoms with van der Waals surface area (Å²) in [6.45, 7) is 3.80. The number of Topliss-reactive ketones (excluding diaryl/α,β-unsaturated/α-hetero) is 1. The van der Waals surface area contributed by atoms with E-state index in [1.807, 2.05) is 38.1 Å². The summed E-state index contributed by atoms with van der Waals surface area (Å²) in [5.41, 5.74) is 4.38. The topological polar surface area (TPSA) is 89.5 Å². The van der Waals surface area contributed by atoms with E-state index in [1.165, 1.54) is 0 Å². The van der Waals surface area contributed by atoms with Crippen molar-refractivity contribution in [1.29, 1.82) is 0 Å². The molecule has 1 aliphatic heterocycles. The summed E-state index contributed by atoms with van der Waals surface area (Å²) in [4.78, 5) is 30.9. The van der Waals surface area contributed by atoms with E-state index in [0.717, 1.165) is 29.7 Å². The summed E-state index contributed by atoms with van der Waals surface area (Å²) in [5, 5.41) is 6.23. The van der Waals surface area contributed by atoms with Gasteiger partial charge in [0.25, 0.3) is 5.91 Å². The third-order valence-corrected chi connectivity index (χ3v) is 5.92. The molecule has 0 spiro atoms. The van der Waals surface area contributed by atoms with Gasteiger partial charge in [0.05, 0.1) is 20.1 Å². The second-order valence-corrected chi connectivity index (χ2v) is 8.02. The standard InChI is InChI=1S/C25H27N3O4/c1-14-11-12-26-20(13-14)28-25(30)21-15(2)27-17-8-6-9-18(29)23(17)22(21)16-7-5-10-19(31-3)24(16)32-4/h5,7,10-13,22,27H,6,8-9H2,1-4H3,(H,26,28,30)/t22-/m0/s1. The number of ether oxygens (including phenoxy) is 2. The maximum absolute atomic E-state index is 13.6. The molecule has 32 heavy (non-hydrogen) atoms. The van der Waals surface area contributed by atoms with E-state index in [1.54, 1.807) is 26.5 Å². The van der Waals surface area contributed by atoms with Gasteiger partial charge in [-0.15, -0.1) is 0 Å². The lowest BCUT2D eigenvalue weighted by molar-refractivity contribution is -0.116. The fourth-order valence-corrected chi connectivity index (χ4v) is 4.52. The summed E-state index contributed by atoms with van der Waals surface area (Å²) in [7, 11) is 3.13. The van der Waals surface area contributed by atoms with Crippen LogP contribution in [0.1, 0.15) is 43.2 Å². The summed E-state index contributed by atoms with van der Waals surface area (Å²) in [6, 6.07) is 9.20. The van der Waals surface area contributed by atoms with Gasteiger partial charge < -0.3 is 20.1 Å². The van der Waals surface area contributed by atoms with Crippen LogP contribution in [0.25, 0.3) is 0 Å². The predicted molar refractivity (Wildman–Crippen MR) is 122 cm³/mol. The first-order chi connectivity index (χ1) is 15.4. The van der Waals surface area contributed by atoms with Gasteiger partial charge in [-0.25, -0.2) is 4.98 Å². The molecule has 2 aromatic rings. The first kappa shape index (κ1) is 21.6. The molecule has 0 saturated carbocycles. The number of hydrogen-bond donors (Lipinski definition) is 2. The minimum atomic E-state index is -0.575. The van der Waals surface area contributed by atoms with Gasteiger partial charge in [-0.2, -0.15) is 0 Å². The highest BCUT2D eigenvalue weighted by Crippen LogP contribution is 2.47. The molecule has 1 atom stereocenters. The van der Waals surface area contributed by atoms with Crippen LogP contribution < -0.4 is 20.1 Å². The summed E-state index contributed by atoms with van der Waals surface area (Å²) >= 11 is 0. The molecule has 0 saturated heterocycles.